The predicted octanol–water partition coefficient (Wildman–Crippen LogP) is 1.18. The Morgan fingerprint density at radius 1 is 0.844 bits per heavy atom. The lowest BCUT2D eigenvalue weighted by molar-refractivity contribution is -0.144. The van der Waals surface area contributed by atoms with Crippen molar-refractivity contribution in [3.8, 4) is 11.5 Å². The third-order valence-electron chi connectivity index (χ3n) is 8.05. The number of carbonyl (C=O) groups is 4. The molecule has 2 bridgehead atoms. The van der Waals surface area contributed by atoms with Crippen LogP contribution in [0.25, 0.3) is 0 Å². The van der Waals surface area contributed by atoms with Gasteiger partial charge < -0.3 is 40.4 Å². The Bertz CT molecular complexity index is 1280. The Morgan fingerprint density at radius 2 is 1.51 bits per heavy atom. The number of nitrogens with one attached hydrogen (secondary N) is 4. The molecule has 4 amide bonds. The topological polar surface area (TPSA) is 147 Å². The SMILES string of the molecule is CCOCCN1CCC2(CC1)Oc1ccc(cc1)OCCNC(=O)[C@H](C)NC(=O)[C@H](Cc1ccccc1)NC(=O)[C@H](C)NC2=O. The number of nitrogens with zero attached hydrogens (tertiary/aromatic N) is 1. The van der Waals surface area contributed by atoms with E-state index in [1.807, 2.05) is 37.3 Å². The quantitative estimate of drug-likeness (QED) is 0.277. The van der Waals surface area contributed by atoms with Crippen LogP contribution in [0.5, 0.6) is 11.5 Å². The second kappa shape index (κ2) is 16.2. The average molecular weight is 624 g/mol. The first-order chi connectivity index (χ1) is 21.7. The fourth-order valence-electron chi connectivity index (χ4n) is 5.31. The molecule has 45 heavy (non-hydrogen) atoms. The van der Waals surface area contributed by atoms with Crippen molar-refractivity contribution in [1.29, 1.82) is 0 Å². The lowest BCUT2D eigenvalue weighted by Crippen LogP contribution is -2.61. The number of likely N-dealkylation sites (tertiary alicyclic amines) is 1. The van der Waals surface area contributed by atoms with E-state index in [1.54, 1.807) is 38.1 Å². The van der Waals surface area contributed by atoms with Gasteiger partial charge in [-0.25, -0.2) is 0 Å². The van der Waals surface area contributed by atoms with Crippen molar-refractivity contribution >= 4 is 23.6 Å². The largest absolute Gasteiger partial charge is 0.492 e. The van der Waals surface area contributed by atoms with Crippen LogP contribution in [0.2, 0.25) is 0 Å². The van der Waals surface area contributed by atoms with Crippen molar-refractivity contribution < 1.29 is 33.4 Å². The Balaban J connectivity index is 1.56. The maximum absolute atomic E-state index is 13.9. The van der Waals surface area contributed by atoms with Crippen molar-refractivity contribution in [3.05, 3.63) is 60.2 Å². The van der Waals surface area contributed by atoms with Gasteiger partial charge in [-0.1, -0.05) is 30.3 Å². The van der Waals surface area contributed by atoms with Gasteiger partial charge >= 0.3 is 0 Å². The number of benzene rings is 2. The number of fused-ring (bicyclic) bond motifs is 15. The number of ether oxygens (including phenoxy) is 3. The predicted molar refractivity (Wildman–Crippen MR) is 168 cm³/mol. The fourth-order valence-corrected chi connectivity index (χ4v) is 5.31. The summed E-state index contributed by atoms with van der Waals surface area (Å²) in [5.74, 6) is -0.767. The van der Waals surface area contributed by atoms with Crippen molar-refractivity contribution in [3.63, 3.8) is 0 Å². The van der Waals surface area contributed by atoms with Gasteiger partial charge in [0.25, 0.3) is 5.91 Å². The lowest BCUT2D eigenvalue weighted by atomic mass is 9.89. The van der Waals surface area contributed by atoms with Crippen LogP contribution in [0, 0.1) is 0 Å². The molecule has 12 heteroatoms. The van der Waals surface area contributed by atoms with Gasteiger partial charge in [0.1, 0.15) is 36.2 Å². The molecule has 0 aromatic heterocycles. The molecule has 5 rings (SSSR count). The number of hydrogen-bond donors (Lipinski definition) is 4. The summed E-state index contributed by atoms with van der Waals surface area (Å²) in [6.07, 6.45) is 1.02. The molecule has 0 unspecified atom stereocenters. The Kier molecular flexibility index (Phi) is 12.2. The minimum Gasteiger partial charge on any atom is -0.492 e. The smallest absolute Gasteiger partial charge is 0.264 e. The van der Waals surface area contributed by atoms with Gasteiger partial charge in [-0.15, -0.1) is 0 Å². The zero-order valence-electron chi connectivity index (χ0n) is 26.3. The molecule has 1 saturated heterocycles. The summed E-state index contributed by atoms with van der Waals surface area (Å²) < 4.78 is 17.7. The van der Waals surface area contributed by atoms with E-state index in [0.29, 0.717) is 50.6 Å². The van der Waals surface area contributed by atoms with Crippen LogP contribution in [-0.2, 0) is 30.3 Å². The number of piperidine rings is 1. The maximum atomic E-state index is 13.9. The van der Waals surface area contributed by atoms with E-state index in [0.717, 1.165) is 12.1 Å². The molecular formula is C33H45N5O7. The third kappa shape index (κ3) is 9.66. The Hall–Kier alpha value is -4.16. The van der Waals surface area contributed by atoms with Crippen LogP contribution < -0.4 is 30.7 Å². The van der Waals surface area contributed by atoms with E-state index in [2.05, 4.69) is 26.2 Å². The van der Waals surface area contributed by atoms with Crippen molar-refractivity contribution in [2.75, 3.05) is 46.0 Å². The second-order valence-electron chi connectivity index (χ2n) is 11.4. The molecule has 1 spiro atoms. The minimum atomic E-state index is -1.21. The molecule has 4 N–H and O–H groups in total. The molecule has 2 aromatic carbocycles. The molecule has 1 fully saturated rings. The van der Waals surface area contributed by atoms with Crippen LogP contribution >= 0.6 is 0 Å². The summed E-state index contributed by atoms with van der Waals surface area (Å²) in [6.45, 7) is 8.77. The van der Waals surface area contributed by atoms with Crippen LogP contribution in [0.3, 0.4) is 0 Å². The molecular weight excluding hydrogens is 578 g/mol. The van der Waals surface area contributed by atoms with E-state index in [-0.39, 0.29) is 25.5 Å². The first kappa shape index (κ1) is 33.7. The first-order valence-electron chi connectivity index (χ1n) is 15.6. The summed E-state index contributed by atoms with van der Waals surface area (Å²) in [6, 6.07) is 13.4. The zero-order chi connectivity index (χ0) is 32.2. The van der Waals surface area contributed by atoms with Crippen LogP contribution in [-0.4, -0.2) is 98.3 Å². The Labute approximate surface area is 264 Å². The molecule has 0 saturated carbocycles. The molecule has 3 heterocycles. The number of carbonyl (C=O) groups excluding carboxylic acids is 4. The monoisotopic (exact) mass is 623 g/mol. The standard InChI is InChI=1S/C33H45N5O7/c1-4-43-21-19-38-17-14-33(15-18-38)32(42)36-24(3)30(40)37-28(22-25-8-6-5-7-9-25)31(41)35-23(2)29(39)34-16-20-44-26-10-12-27(45-33)13-11-26/h5-13,23-24,28H,4,14-22H2,1-3H3,(H,34,39)(H,35,41)(H,36,42)(H,37,40)/t23-,24-,28-/m0/s1. The van der Waals surface area contributed by atoms with Gasteiger partial charge in [0.15, 0.2) is 5.60 Å². The summed E-state index contributed by atoms with van der Waals surface area (Å²) >= 11 is 0. The minimum absolute atomic E-state index is 0.196. The fraction of sp³-hybridized carbons (Fsp3) is 0.515. The molecule has 2 aromatic rings. The van der Waals surface area contributed by atoms with Gasteiger partial charge in [0.05, 0.1) is 13.2 Å². The van der Waals surface area contributed by atoms with E-state index < -0.39 is 41.4 Å². The molecule has 12 nitrogen and oxygen atoms in total. The molecule has 0 radical (unpaired) electrons. The van der Waals surface area contributed by atoms with Gasteiger partial charge in [-0.05, 0) is 50.6 Å². The lowest BCUT2D eigenvalue weighted by Gasteiger charge is -2.41. The molecule has 3 aliphatic rings. The molecule has 244 valence electrons. The summed E-state index contributed by atoms with van der Waals surface area (Å²) in [7, 11) is 0. The van der Waals surface area contributed by atoms with Crippen LogP contribution in [0.4, 0.5) is 0 Å². The van der Waals surface area contributed by atoms with Crippen LogP contribution in [0.15, 0.2) is 54.6 Å². The van der Waals surface area contributed by atoms with Gasteiger partial charge in [-0.3, -0.25) is 19.2 Å². The summed E-state index contributed by atoms with van der Waals surface area (Å²) in [4.78, 5) is 55.6. The highest BCUT2D eigenvalue weighted by Crippen LogP contribution is 2.30. The highest BCUT2D eigenvalue weighted by molar-refractivity contribution is 5.95. The van der Waals surface area contributed by atoms with Crippen LogP contribution in [0.1, 0.15) is 39.2 Å². The summed E-state index contributed by atoms with van der Waals surface area (Å²) in [5, 5.41) is 11.1. The van der Waals surface area contributed by atoms with Crippen molar-refractivity contribution in [2.45, 2.75) is 63.8 Å². The molecule has 0 aliphatic carbocycles. The zero-order valence-corrected chi connectivity index (χ0v) is 26.3. The van der Waals surface area contributed by atoms with Gasteiger partial charge in [0.2, 0.25) is 17.7 Å². The Morgan fingerprint density at radius 3 is 2.20 bits per heavy atom. The summed E-state index contributed by atoms with van der Waals surface area (Å²) in [5.41, 5.74) is -0.382. The van der Waals surface area contributed by atoms with Crippen molar-refractivity contribution in [1.82, 2.24) is 26.2 Å². The number of rotatable bonds is 6. The highest BCUT2D eigenvalue weighted by atomic mass is 16.5. The molecule has 3 aliphatic heterocycles. The van der Waals surface area contributed by atoms with Crippen molar-refractivity contribution in [2.24, 2.45) is 0 Å². The van der Waals surface area contributed by atoms with Gasteiger partial charge in [0, 0.05) is 45.5 Å². The maximum Gasteiger partial charge on any atom is 0.264 e. The van der Waals surface area contributed by atoms with E-state index >= 15 is 0 Å². The third-order valence-corrected chi connectivity index (χ3v) is 8.05. The number of amides is 4. The second-order valence-corrected chi connectivity index (χ2v) is 11.4. The van der Waals surface area contributed by atoms with E-state index in [4.69, 9.17) is 14.2 Å². The van der Waals surface area contributed by atoms with Gasteiger partial charge in [-0.2, -0.15) is 0 Å². The average Bonchev–Trinajstić information content (AvgIpc) is 3.04. The normalized spacial score (nSPS) is 23.6. The number of hydrogen-bond acceptors (Lipinski definition) is 8. The van der Waals surface area contributed by atoms with E-state index in [9.17, 15) is 19.2 Å². The first-order valence-corrected chi connectivity index (χ1v) is 15.6. The molecule has 3 atom stereocenters. The highest BCUT2D eigenvalue weighted by Gasteiger charge is 2.45. The van der Waals surface area contributed by atoms with E-state index in [1.165, 1.54) is 0 Å².